The van der Waals surface area contributed by atoms with E-state index >= 15 is 0 Å². The minimum atomic E-state index is -3.46. The summed E-state index contributed by atoms with van der Waals surface area (Å²) in [6.45, 7) is 5.16. The molecule has 0 aliphatic heterocycles. The number of halogens is 1. The molecule has 0 spiro atoms. The molecular formula is C13H21ClN2O2S. The first-order valence-electron chi connectivity index (χ1n) is 6.46. The Kier molecular flexibility index (Phi) is 6.26. The number of nitrogens with two attached hydrogens (primary N) is 1. The van der Waals surface area contributed by atoms with Crippen LogP contribution in [0.2, 0.25) is 5.02 Å². The van der Waals surface area contributed by atoms with Crippen LogP contribution in [-0.2, 0) is 16.6 Å². The largest absolute Gasteiger partial charge is 0.326 e. The summed E-state index contributed by atoms with van der Waals surface area (Å²) in [7, 11) is -3.46. The average Bonchev–Trinajstić information content (AvgIpc) is 2.39. The normalized spacial score (nSPS) is 12.1. The molecular weight excluding hydrogens is 284 g/mol. The van der Waals surface area contributed by atoms with E-state index in [-0.39, 0.29) is 4.90 Å². The van der Waals surface area contributed by atoms with Crippen LogP contribution < -0.4 is 5.73 Å². The van der Waals surface area contributed by atoms with E-state index < -0.39 is 10.0 Å². The first-order chi connectivity index (χ1) is 8.97. The Bertz CT molecular complexity index is 517. The van der Waals surface area contributed by atoms with Crippen molar-refractivity contribution in [2.45, 2.75) is 38.1 Å². The van der Waals surface area contributed by atoms with Gasteiger partial charge in [-0.15, -0.1) is 0 Å². The molecule has 0 bridgehead atoms. The van der Waals surface area contributed by atoms with Gasteiger partial charge in [0.2, 0.25) is 10.0 Å². The molecule has 2 N–H and O–H groups in total. The first-order valence-corrected chi connectivity index (χ1v) is 8.27. The molecule has 1 rings (SSSR count). The van der Waals surface area contributed by atoms with Crippen molar-refractivity contribution in [1.29, 1.82) is 0 Å². The van der Waals surface area contributed by atoms with Gasteiger partial charge in [0.15, 0.2) is 0 Å². The Morgan fingerprint density at radius 2 is 2.00 bits per heavy atom. The molecule has 1 aromatic carbocycles. The van der Waals surface area contributed by atoms with Crippen LogP contribution in [-0.4, -0.2) is 25.8 Å². The third kappa shape index (κ3) is 3.92. The second-order valence-electron chi connectivity index (χ2n) is 4.31. The molecule has 0 radical (unpaired) electrons. The summed E-state index contributed by atoms with van der Waals surface area (Å²) in [6, 6.07) is 4.72. The summed E-state index contributed by atoms with van der Waals surface area (Å²) in [5.41, 5.74) is 6.26. The summed E-state index contributed by atoms with van der Waals surface area (Å²) in [4.78, 5) is 0.229. The zero-order valence-corrected chi connectivity index (χ0v) is 13.0. The number of benzene rings is 1. The highest BCUT2D eigenvalue weighted by molar-refractivity contribution is 7.89. The monoisotopic (exact) mass is 304 g/mol. The molecule has 0 fully saturated rings. The van der Waals surface area contributed by atoms with Crippen LogP contribution in [0.1, 0.15) is 32.3 Å². The summed E-state index contributed by atoms with van der Waals surface area (Å²) < 4.78 is 26.4. The fourth-order valence-corrected chi connectivity index (χ4v) is 3.62. The van der Waals surface area contributed by atoms with E-state index in [1.807, 2.05) is 13.8 Å². The van der Waals surface area contributed by atoms with E-state index in [4.69, 9.17) is 17.3 Å². The van der Waals surface area contributed by atoms with Gasteiger partial charge in [-0.25, -0.2) is 8.42 Å². The molecule has 0 saturated heterocycles. The first kappa shape index (κ1) is 16.4. The fourth-order valence-electron chi connectivity index (χ4n) is 1.79. The van der Waals surface area contributed by atoms with Crippen molar-refractivity contribution in [3.05, 3.63) is 28.8 Å². The quantitative estimate of drug-likeness (QED) is 0.842. The summed E-state index contributed by atoms with van der Waals surface area (Å²) in [6.07, 6.45) is 1.81. The lowest BCUT2D eigenvalue weighted by Crippen LogP contribution is -2.31. The fraction of sp³-hybridized carbons (Fsp3) is 0.538. The Morgan fingerprint density at radius 1 is 1.32 bits per heavy atom. The van der Waals surface area contributed by atoms with Gasteiger partial charge in [0.25, 0.3) is 0 Å². The highest BCUT2D eigenvalue weighted by Crippen LogP contribution is 2.23. The van der Waals surface area contributed by atoms with E-state index in [1.54, 1.807) is 12.1 Å². The lowest BCUT2D eigenvalue weighted by molar-refractivity contribution is 0.419. The molecule has 0 saturated carbocycles. The van der Waals surface area contributed by atoms with Crippen LogP contribution in [0.15, 0.2) is 23.1 Å². The molecule has 0 aliphatic carbocycles. The molecule has 0 amide bonds. The molecule has 19 heavy (non-hydrogen) atoms. The van der Waals surface area contributed by atoms with Gasteiger partial charge in [-0.05, 0) is 24.1 Å². The van der Waals surface area contributed by atoms with Crippen LogP contribution >= 0.6 is 11.6 Å². The number of hydrogen-bond acceptors (Lipinski definition) is 3. The second kappa shape index (κ2) is 7.24. The maximum atomic E-state index is 12.5. The summed E-state index contributed by atoms with van der Waals surface area (Å²) >= 11 is 6.02. The van der Waals surface area contributed by atoms with Crippen molar-refractivity contribution in [3.63, 3.8) is 0 Å². The average molecular weight is 305 g/mol. The van der Waals surface area contributed by atoms with E-state index in [2.05, 4.69) is 0 Å². The Morgan fingerprint density at radius 3 is 2.47 bits per heavy atom. The van der Waals surface area contributed by atoms with Crippen LogP contribution in [0.4, 0.5) is 0 Å². The molecule has 0 atom stereocenters. The number of nitrogens with zero attached hydrogens (tertiary/aromatic N) is 1. The minimum absolute atomic E-state index is 0.229. The van der Waals surface area contributed by atoms with Gasteiger partial charge < -0.3 is 5.73 Å². The van der Waals surface area contributed by atoms with E-state index in [1.165, 1.54) is 10.4 Å². The van der Waals surface area contributed by atoms with E-state index in [0.29, 0.717) is 24.7 Å². The van der Waals surface area contributed by atoms with Gasteiger partial charge in [0.1, 0.15) is 0 Å². The Labute approximate surface area is 120 Å². The Hall–Kier alpha value is -0.620. The number of unbranched alkanes of at least 4 members (excludes halogenated alkanes) is 1. The molecule has 0 unspecified atom stereocenters. The topological polar surface area (TPSA) is 63.4 Å². The smallest absolute Gasteiger partial charge is 0.243 e. The molecule has 0 aromatic heterocycles. The van der Waals surface area contributed by atoms with Crippen LogP contribution in [0, 0.1) is 0 Å². The zero-order chi connectivity index (χ0) is 14.5. The van der Waals surface area contributed by atoms with E-state index in [9.17, 15) is 8.42 Å². The predicted octanol–water partition coefficient (Wildman–Crippen LogP) is 2.61. The highest BCUT2D eigenvalue weighted by atomic mass is 35.5. The maximum Gasteiger partial charge on any atom is 0.243 e. The molecule has 6 heteroatoms. The van der Waals surface area contributed by atoms with Gasteiger partial charge in [-0.1, -0.05) is 37.9 Å². The molecule has 0 heterocycles. The minimum Gasteiger partial charge on any atom is -0.326 e. The van der Waals surface area contributed by atoms with Crippen molar-refractivity contribution >= 4 is 21.6 Å². The third-order valence-electron chi connectivity index (χ3n) is 3.00. The van der Waals surface area contributed by atoms with Gasteiger partial charge >= 0.3 is 0 Å². The highest BCUT2D eigenvalue weighted by Gasteiger charge is 2.23. The van der Waals surface area contributed by atoms with Gasteiger partial charge in [0, 0.05) is 24.7 Å². The lowest BCUT2D eigenvalue weighted by Gasteiger charge is -2.20. The molecule has 0 aliphatic rings. The second-order valence-corrected chi connectivity index (χ2v) is 6.65. The number of hydrogen-bond donors (Lipinski definition) is 1. The van der Waals surface area contributed by atoms with Crippen LogP contribution in [0.25, 0.3) is 0 Å². The number of rotatable bonds is 7. The molecule has 108 valence electrons. The van der Waals surface area contributed by atoms with Gasteiger partial charge in [-0.3, -0.25) is 0 Å². The molecule has 4 nitrogen and oxygen atoms in total. The standard InChI is InChI=1S/C13H21ClN2O2S/c1-3-5-8-16(4-2)19(17,18)12-7-6-11(10-15)13(14)9-12/h6-7,9H,3-5,8,10,15H2,1-2H3. The van der Waals surface area contributed by atoms with Crippen molar-refractivity contribution in [1.82, 2.24) is 4.31 Å². The van der Waals surface area contributed by atoms with E-state index in [0.717, 1.165) is 18.4 Å². The lowest BCUT2D eigenvalue weighted by atomic mass is 10.2. The maximum absolute atomic E-state index is 12.5. The Balaban J connectivity index is 3.07. The zero-order valence-electron chi connectivity index (χ0n) is 11.4. The SMILES string of the molecule is CCCCN(CC)S(=O)(=O)c1ccc(CN)c(Cl)c1. The predicted molar refractivity (Wildman–Crippen MR) is 78.7 cm³/mol. The number of sulfonamides is 1. The van der Waals surface area contributed by atoms with Crippen LogP contribution in [0.5, 0.6) is 0 Å². The van der Waals surface area contributed by atoms with Crippen molar-refractivity contribution in [2.75, 3.05) is 13.1 Å². The third-order valence-corrected chi connectivity index (χ3v) is 5.32. The van der Waals surface area contributed by atoms with Gasteiger partial charge in [0.05, 0.1) is 4.90 Å². The molecule has 1 aromatic rings. The van der Waals surface area contributed by atoms with Crippen molar-refractivity contribution in [2.24, 2.45) is 5.73 Å². The summed E-state index contributed by atoms with van der Waals surface area (Å²) in [5, 5.41) is 0.398. The van der Waals surface area contributed by atoms with Crippen molar-refractivity contribution < 1.29 is 8.42 Å². The van der Waals surface area contributed by atoms with Crippen LogP contribution in [0.3, 0.4) is 0 Å². The summed E-state index contributed by atoms with van der Waals surface area (Å²) in [5.74, 6) is 0. The van der Waals surface area contributed by atoms with Crippen molar-refractivity contribution in [3.8, 4) is 0 Å². The van der Waals surface area contributed by atoms with Gasteiger partial charge in [-0.2, -0.15) is 4.31 Å².